The highest BCUT2D eigenvalue weighted by Crippen LogP contribution is 2.42. The van der Waals surface area contributed by atoms with E-state index in [1.165, 1.54) is 30.3 Å². The number of carbonyl (C=O) groups excluding carboxylic acids is 1. The largest absolute Gasteiger partial charge is 0.508 e. The summed E-state index contributed by atoms with van der Waals surface area (Å²) in [5.74, 6) is -3.34. The van der Waals surface area contributed by atoms with Crippen LogP contribution < -0.4 is 0 Å². The molecule has 1 heterocycles. The van der Waals surface area contributed by atoms with Crippen molar-refractivity contribution in [2.75, 3.05) is 0 Å². The lowest BCUT2D eigenvalue weighted by molar-refractivity contribution is -0.166. The van der Waals surface area contributed by atoms with Gasteiger partial charge in [-0.1, -0.05) is 35.9 Å². The van der Waals surface area contributed by atoms with Crippen molar-refractivity contribution in [1.29, 1.82) is 0 Å². The van der Waals surface area contributed by atoms with Gasteiger partial charge in [0.05, 0.1) is 5.57 Å². The topological polar surface area (TPSA) is 124 Å². The van der Waals surface area contributed by atoms with E-state index in [1.54, 1.807) is 12.1 Å². The molecule has 156 valence electrons. The van der Waals surface area contributed by atoms with Crippen LogP contribution in [-0.4, -0.2) is 38.0 Å². The summed E-state index contributed by atoms with van der Waals surface area (Å²) in [7, 11) is 0. The molecule has 0 saturated carbocycles. The summed E-state index contributed by atoms with van der Waals surface area (Å²) < 4.78 is 5.19. The SMILES string of the molecule is CC(C)=CCc1cc(CC2(C(=O)O)OC(=O)C(O)=C2c2ccc(O)cc2)ccc1O. The van der Waals surface area contributed by atoms with Gasteiger partial charge in [-0.05, 0) is 55.2 Å². The van der Waals surface area contributed by atoms with Crippen molar-refractivity contribution < 1.29 is 34.8 Å². The maximum atomic E-state index is 12.3. The number of hydrogen-bond donors (Lipinski definition) is 4. The van der Waals surface area contributed by atoms with Gasteiger partial charge in [-0.15, -0.1) is 0 Å². The Morgan fingerprint density at radius 1 is 1.07 bits per heavy atom. The van der Waals surface area contributed by atoms with Crippen LogP contribution in [0.5, 0.6) is 11.5 Å². The van der Waals surface area contributed by atoms with Crippen LogP contribution in [0.1, 0.15) is 30.5 Å². The predicted octanol–water partition coefficient (Wildman–Crippen LogP) is 3.50. The number of carboxylic acid groups (broad SMARTS) is 1. The molecule has 1 unspecified atom stereocenters. The van der Waals surface area contributed by atoms with Gasteiger partial charge in [0, 0.05) is 6.42 Å². The summed E-state index contributed by atoms with van der Waals surface area (Å²) in [4.78, 5) is 24.4. The molecule has 3 rings (SSSR count). The number of aliphatic hydroxyl groups excluding tert-OH is 1. The van der Waals surface area contributed by atoms with Crippen molar-refractivity contribution in [3.05, 3.63) is 76.6 Å². The maximum absolute atomic E-state index is 12.3. The zero-order chi connectivity index (χ0) is 22.1. The third kappa shape index (κ3) is 3.87. The van der Waals surface area contributed by atoms with Gasteiger partial charge in [-0.3, -0.25) is 0 Å². The first-order valence-corrected chi connectivity index (χ1v) is 9.28. The third-order valence-corrected chi connectivity index (χ3v) is 4.93. The van der Waals surface area contributed by atoms with E-state index in [4.69, 9.17) is 4.74 Å². The molecule has 1 atom stereocenters. The molecule has 30 heavy (non-hydrogen) atoms. The van der Waals surface area contributed by atoms with Crippen LogP contribution in [0.2, 0.25) is 0 Å². The van der Waals surface area contributed by atoms with E-state index in [0.29, 0.717) is 17.5 Å². The fraction of sp³-hybridized carbons (Fsp3) is 0.217. The number of ether oxygens (including phenoxy) is 1. The monoisotopic (exact) mass is 410 g/mol. The number of aromatic hydroxyl groups is 2. The first-order chi connectivity index (χ1) is 14.1. The second kappa shape index (κ2) is 7.94. The molecule has 0 aromatic heterocycles. The first-order valence-electron chi connectivity index (χ1n) is 9.28. The summed E-state index contributed by atoms with van der Waals surface area (Å²) in [6.45, 7) is 3.85. The molecular formula is C23H22O7. The van der Waals surface area contributed by atoms with E-state index in [1.807, 2.05) is 19.9 Å². The van der Waals surface area contributed by atoms with Crippen molar-refractivity contribution in [3.8, 4) is 11.5 Å². The summed E-state index contributed by atoms with van der Waals surface area (Å²) >= 11 is 0. The minimum atomic E-state index is -2.15. The van der Waals surface area contributed by atoms with Crippen LogP contribution in [0, 0.1) is 0 Å². The van der Waals surface area contributed by atoms with Gasteiger partial charge < -0.3 is 25.2 Å². The van der Waals surface area contributed by atoms with Gasteiger partial charge >= 0.3 is 11.9 Å². The quantitative estimate of drug-likeness (QED) is 0.424. The normalized spacial score (nSPS) is 18.3. The molecular weight excluding hydrogens is 388 g/mol. The smallest absolute Gasteiger partial charge is 0.375 e. The highest BCUT2D eigenvalue weighted by molar-refractivity contribution is 6.10. The molecule has 0 fully saturated rings. The number of hydrogen-bond acceptors (Lipinski definition) is 6. The molecule has 0 bridgehead atoms. The van der Waals surface area contributed by atoms with E-state index in [9.17, 15) is 30.0 Å². The summed E-state index contributed by atoms with van der Waals surface area (Å²) in [5, 5.41) is 40.0. The Hall–Kier alpha value is -3.74. The van der Waals surface area contributed by atoms with Crippen LogP contribution >= 0.6 is 0 Å². The van der Waals surface area contributed by atoms with Crippen molar-refractivity contribution in [1.82, 2.24) is 0 Å². The predicted molar refractivity (Wildman–Crippen MR) is 109 cm³/mol. The highest BCUT2D eigenvalue weighted by atomic mass is 16.6. The number of allylic oxidation sites excluding steroid dienone is 2. The molecule has 0 radical (unpaired) electrons. The van der Waals surface area contributed by atoms with Gasteiger partial charge in [-0.2, -0.15) is 0 Å². The van der Waals surface area contributed by atoms with Crippen molar-refractivity contribution in [2.24, 2.45) is 0 Å². The Labute approximate surface area is 173 Å². The number of cyclic esters (lactones) is 1. The Morgan fingerprint density at radius 2 is 1.73 bits per heavy atom. The minimum Gasteiger partial charge on any atom is -0.508 e. The average Bonchev–Trinajstić information content (AvgIpc) is 2.94. The number of aliphatic hydroxyl groups is 1. The summed E-state index contributed by atoms with van der Waals surface area (Å²) in [6.07, 6.45) is 2.12. The number of carboxylic acids is 1. The fourth-order valence-electron chi connectivity index (χ4n) is 3.41. The number of benzene rings is 2. The van der Waals surface area contributed by atoms with Crippen LogP contribution in [0.15, 0.2) is 59.9 Å². The fourth-order valence-corrected chi connectivity index (χ4v) is 3.41. The number of phenols is 2. The molecule has 7 heteroatoms. The van der Waals surface area contributed by atoms with Gasteiger partial charge in [0.25, 0.3) is 0 Å². The van der Waals surface area contributed by atoms with Gasteiger partial charge in [-0.25, -0.2) is 9.59 Å². The molecule has 0 spiro atoms. The second-order valence-electron chi connectivity index (χ2n) is 7.42. The highest BCUT2D eigenvalue weighted by Gasteiger charge is 2.55. The maximum Gasteiger partial charge on any atom is 0.375 e. The zero-order valence-electron chi connectivity index (χ0n) is 16.5. The lowest BCUT2D eigenvalue weighted by atomic mass is 9.83. The molecule has 7 nitrogen and oxygen atoms in total. The first kappa shape index (κ1) is 21.0. The van der Waals surface area contributed by atoms with Crippen molar-refractivity contribution in [3.63, 3.8) is 0 Å². The van der Waals surface area contributed by atoms with Gasteiger partial charge in [0.1, 0.15) is 11.5 Å². The van der Waals surface area contributed by atoms with E-state index < -0.39 is 23.3 Å². The van der Waals surface area contributed by atoms with E-state index in [2.05, 4.69) is 0 Å². The molecule has 0 aliphatic carbocycles. The van der Waals surface area contributed by atoms with Crippen LogP contribution in [0.3, 0.4) is 0 Å². The summed E-state index contributed by atoms with van der Waals surface area (Å²) in [6, 6.07) is 10.1. The van der Waals surface area contributed by atoms with Crippen molar-refractivity contribution >= 4 is 17.5 Å². The average molecular weight is 410 g/mol. The number of phenolic OH excluding ortho intramolecular Hbond substituents is 2. The minimum absolute atomic E-state index is 0.0487. The van der Waals surface area contributed by atoms with E-state index in [0.717, 1.165) is 5.57 Å². The van der Waals surface area contributed by atoms with Gasteiger partial charge in [0.2, 0.25) is 11.4 Å². The lowest BCUT2D eigenvalue weighted by Gasteiger charge is -2.26. The Morgan fingerprint density at radius 3 is 2.33 bits per heavy atom. The third-order valence-electron chi connectivity index (χ3n) is 4.93. The molecule has 2 aromatic rings. The van der Waals surface area contributed by atoms with E-state index >= 15 is 0 Å². The Balaban J connectivity index is 2.08. The van der Waals surface area contributed by atoms with E-state index in [-0.39, 0.29) is 29.1 Å². The Kier molecular flexibility index (Phi) is 5.56. The number of aliphatic carboxylic acids is 1. The standard InChI is InChI=1S/C23H22O7/c1-13(2)3-5-16-11-14(4-10-18(16)25)12-23(22(28)29)19(20(26)21(27)30-23)15-6-8-17(24)9-7-15/h3-4,6-11,24-26H,5,12H2,1-2H3,(H,28,29). The zero-order valence-corrected chi connectivity index (χ0v) is 16.5. The van der Waals surface area contributed by atoms with Gasteiger partial charge in [0.15, 0.2) is 0 Å². The molecule has 4 N–H and O–H groups in total. The van der Waals surface area contributed by atoms with Crippen LogP contribution in [0.4, 0.5) is 0 Å². The molecule has 0 amide bonds. The Bertz CT molecular complexity index is 1060. The molecule has 2 aromatic carbocycles. The van der Waals surface area contributed by atoms with Crippen LogP contribution in [0.25, 0.3) is 5.57 Å². The van der Waals surface area contributed by atoms with Crippen molar-refractivity contribution in [2.45, 2.75) is 32.3 Å². The molecule has 0 saturated heterocycles. The number of esters is 1. The second-order valence-corrected chi connectivity index (χ2v) is 7.42. The number of carbonyl (C=O) groups is 2. The summed E-state index contributed by atoms with van der Waals surface area (Å²) in [5.41, 5.74) is 0.0715. The number of rotatable bonds is 6. The lowest BCUT2D eigenvalue weighted by Crippen LogP contribution is -2.43. The molecule has 1 aliphatic rings. The van der Waals surface area contributed by atoms with Crippen LogP contribution in [-0.2, 0) is 27.2 Å². The molecule has 1 aliphatic heterocycles.